The van der Waals surface area contributed by atoms with Crippen LogP contribution in [0.15, 0.2) is 41.7 Å². The number of aryl methyl sites for hydroxylation is 1. The van der Waals surface area contributed by atoms with Crippen molar-refractivity contribution in [2.24, 2.45) is 4.99 Å². The number of ether oxygens (including phenoxy) is 1. The third-order valence-corrected chi connectivity index (χ3v) is 4.25. The van der Waals surface area contributed by atoms with E-state index in [2.05, 4.69) is 39.7 Å². The summed E-state index contributed by atoms with van der Waals surface area (Å²) >= 11 is 1.83. The van der Waals surface area contributed by atoms with Gasteiger partial charge in [-0.15, -0.1) is 35.3 Å². The van der Waals surface area contributed by atoms with E-state index < -0.39 is 0 Å². The maximum atomic E-state index is 5.58. The minimum atomic E-state index is 0. The molecule has 0 radical (unpaired) electrons. The molecule has 0 spiro atoms. The lowest BCUT2D eigenvalue weighted by Gasteiger charge is -2.11. The second kappa shape index (κ2) is 11.2. The second-order valence-corrected chi connectivity index (χ2v) is 5.86. The van der Waals surface area contributed by atoms with Gasteiger partial charge in [-0.25, -0.2) is 0 Å². The Kier molecular flexibility index (Phi) is 9.61. The molecule has 2 aromatic heterocycles. The molecule has 7 heteroatoms. The van der Waals surface area contributed by atoms with Crippen molar-refractivity contribution in [2.45, 2.75) is 19.9 Å². The first kappa shape index (κ1) is 19.7. The highest BCUT2D eigenvalue weighted by Crippen LogP contribution is 2.16. The highest BCUT2D eigenvalue weighted by molar-refractivity contribution is 14.0. The number of aromatic nitrogens is 1. The second-order valence-electron chi connectivity index (χ2n) is 4.61. The Morgan fingerprint density at radius 1 is 1.26 bits per heavy atom. The minimum Gasteiger partial charge on any atom is -0.490 e. The molecule has 0 saturated carbocycles. The lowest BCUT2D eigenvalue weighted by Crippen LogP contribution is -2.38. The minimum absolute atomic E-state index is 0. The predicted octanol–water partition coefficient (Wildman–Crippen LogP) is 3.07. The summed E-state index contributed by atoms with van der Waals surface area (Å²) in [7, 11) is 1.77. The maximum absolute atomic E-state index is 5.58. The maximum Gasteiger partial charge on any atom is 0.191 e. The molecule has 0 bridgehead atoms. The first-order chi connectivity index (χ1) is 10.8. The molecule has 0 fully saturated rings. The number of hydrogen-bond acceptors (Lipinski definition) is 4. The summed E-state index contributed by atoms with van der Waals surface area (Å²) < 4.78 is 5.58. The molecule has 23 heavy (non-hydrogen) atoms. The summed E-state index contributed by atoms with van der Waals surface area (Å²) in [4.78, 5) is 10.9. The van der Waals surface area contributed by atoms with Gasteiger partial charge in [-0.1, -0.05) is 6.92 Å². The Balaban J connectivity index is 0.00000264. The van der Waals surface area contributed by atoms with Crippen molar-refractivity contribution >= 4 is 41.3 Å². The molecule has 0 amide bonds. The van der Waals surface area contributed by atoms with Crippen LogP contribution in [0.1, 0.15) is 16.7 Å². The molecular weight excluding hydrogens is 423 g/mol. The molecule has 2 heterocycles. The van der Waals surface area contributed by atoms with Gasteiger partial charge in [0.1, 0.15) is 12.4 Å². The van der Waals surface area contributed by atoms with Crippen molar-refractivity contribution in [3.63, 3.8) is 0 Å². The van der Waals surface area contributed by atoms with Gasteiger partial charge in [0.2, 0.25) is 0 Å². The number of nitrogens with zero attached hydrogens (tertiary/aromatic N) is 2. The van der Waals surface area contributed by atoms with E-state index in [4.69, 9.17) is 4.74 Å². The van der Waals surface area contributed by atoms with Crippen LogP contribution in [0.3, 0.4) is 0 Å². The van der Waals surface area contributed by atoms with Crippen LogP contribution in [0.25, 0.3) is 0 Å². The van der Waals surface area contributed by atoms with Crippen LogP contribution in [0, 0.1) is 0 Å². The van der Waals surface area contributed by atoms with E-state index in [1.54, 1.807) is 19.4 Å². The first-order valence-corrected chi connectivity index (χ1v) is 8.18. The molecule has 0 aliphatic rings. The summed E-state index contributed by atoms with van der Waals surface area (Å²) in [6, 6.07) is 8.09. The number of guanidine groups is 1. The van der Waals surface area contributed by atoms with Gasteiger partial charge in [0.15, 0.2) is 5.96 Å². The van der Waals surface area contributed by atoms with Gasteiger partial charge in [-0.2, -0.15) is 0 Å². The fourth-order valence-electron chi connectivity index (χ4n) is 1.87. The van der Waals surface area contributed by atoms with E-state index in [9.17, 15) is 0 Å². The van der Waals surface area contributed by atoms with Crippen LogP contribution in [-0.4, -0.2) is 31.1 Å². The third-order valence-electron chi connectivity index (χ3n) is 3.02. The molecule has 2 rings (SSSR count). The zero-order valence-electron chi connectivity index (χ0n) is 13.4. The summed E-state index contributed by atoms with van der Waals surface area (Å²) in [5.74, 6) is 1.55. The summed E-state index contributed by atoms with van der Waals surface area (Å²) in [6.45, 7) is 4.20. The average molecular weight is 446 g/mol. The van der Waals surface area contributed by atoms with Gasteiger partial charge < -0.3 is 15.4 Å². The number of nitrogens with one attached hydrogen (secondary N) is 2. The molecule has 0 aromatic carbocycles. The molecule has 0 unspecified atom stereocenters. The Bertz CT molecular complexity index is 589. The van der Waals surface area contributed by atoms with Crippen molar-refractivity contribution in [1.82, 2.24) is 15.6 Å². The Morgan fingerprint density at radius 2 is 2.09 bits per heavy atom. The molecule has 0 atom stereocenters. The normalized spacial score (nSPS) is 10.8. The zero-order valence-corrected chi connectivity index (χ0v) is 16.6. The lowest BCUT2D eigenvalue weighted by molar-refractivity contribution is 0.320. The monoisotopic (exact) mass is 446 g/mol. The van der Waals surface area contributed by atoms with Crippen LogP contribution < -0.4 is 15.4 Å². The Hall–Kier alpha value is -1.35. The number of aliphatic imine (C=N–C) groups is 1. The number of halogens is 1. The predicted molar refractivity (Wildman–Crippen MR) is 107 cm³/mol. The molecular formula is C16H23IN4OS. The topological polar surface area (TPSA) is 58.5 Å². The van der Waals surface area contributed by atoms with Crippen molar-refractivity contribution in [3.8, 4) is 5.75 Å². The molecule has 0 aliphatic heterocycles. The van der Waals surface area contributed by atoms with Gasteiger partial charge in [0.25, 0.3) is 0 Å². The van der Waals surface area contributed by atoms with E-state index in [1.807, 2.05) is 23.5 Å². The van der Waals surface area contributed by atoms with Crippen LogP contribution in [-0.2, 0) is 13.0 Å². The van der Waals surface area contributed by atoms with Gasteiger partial charge in [-0.05, 0) is 30.7 Å². The largest absolute Gasteiger partial charge is 0.490 e. The van der Waals surface area contributed by atoms with Crippen molar-refractivity contribution in [3.05, 3.63) is 46.4 Å². The van der Waals surface area contributed by atoms with Crippen molar-refractivity contribution < 1.29 is 4.74 Å². The number of hydrogen-bond donors (Lipinski definition) is 2. The summed E-state index contributed by atoms with van der Waals surface area (Å²) in [5, 5.41) is 6.53. The lowest BCUT2D eigenvalue weighted by atomic mass is 10.4. The highest BCUT2D eigenvalue weighted by Gasteiger charge is 2.01. The third kappa shape index (κ3) is 7.17. The van der Waals surface area contributed by atoms with E-state index in [0.29, 0.717) is 13.2 Å². The fraction of sp³-hybridized carbons (Fsp3) is 0.375. The number of rotatable bonds is 7. The SMILES string of the molecule is CCc1ccc(CNC(=NC)NCCOc2cccnc2)s1.I. The van der Waals surface area contributed by atoms with Gasteiger partial charge in [0, 0.05) is 23.0 Å². The van der Waals surface area contributed by atoms with Gasteiger partial charge in [0.05, 0.1) is 19.3 Å². The van der Waals surface area contributed by atoms with Crippen LogP contribution in [0.4, 0.5) is 0 Å². The zero-order chi connectivity index (χ0) is 15.6. The smallest absolute Gasteiger partial charge is 0.191 e. The molecule has 2 N–H and O–H groups in total. The average Bonchev–Trinajstić information content (AvgIpc) is 3.03. The van der Waals surface area contributed by atoms with Crippen LogP contribution in [0.5, 0.6) is 5.75 Å². The van der Waals surface area contributed by atoms with Crippen LogP contribution in [0.2, 0.25) is 0 Å². The number of pyridine rings is 1. The van der Waals surface area contributed by atoms with E-state index >= 15 is 0 Å². The Labute approximate surface area is 158 Å². The number of thiophene rings is 1. The van der Waals surface area contributed by atoms with Crippen molar-refractivity contribution in [1.29, 1.82) is 0 Å². The Morgan fingerprint density at radius 3 is 2.74 bits per heavy atom. The molecule has 0 saturated heterocycles. The standard InChI is InChI=1S/C16H22N4OS.HI/c1-3-14-6-7-15(22-14)12-20-16(17-2)19-9-10-21-13-5-4-8-18-11-13;/h4-8,11H,3,9-10,12H2,1-2H3,(H2,17,19,20);1H. The van der Waals surface area contributed by atoms with Crippen molar-refractivity contribution in [2.75, 3.05) is 20.2 Å². The molecule has 2 aromatic rings. The molecule has 0 aliphatic carbocycles. The summed E-state index contributed by atoms with van der Waals surface area (Å²) in [6.07, 6.45) is 4.52. The quantitative estimate of drug-likeness (QED) is 0.297. The molecule has 126 valence electrons. The van der Waals surface area contributed by atoms with E-state index in [-0.39, 0.29) is 24.0 Å². The van der Waals surface area contributed by atoms with Gasteiger partial charge in [-0.3, -0.25) is 9.98 Å². The van der Waals surface area contributed by atoms with Crippen LogP contribution >= 0.6 is 35.3 Å². The molecule has 5 nitrogen and oxygen atoms in total. The highest BCUT2D eigenvalue weighted by atomic mass is 127. The van der Waals surface area contributed by atoms with E-state index in [0.717, 1.165) is 24.7 Å². The fourth-order valence-corrected chi connectivity index (χ4v) is 2.77. The van der Waals surface area contributed by atoms with E-state index in [1.165, 1.54) is 9.75 Å². The van der Waals surface area contributed by atoms with Gasteiger partial charge >= 0.3 is 0 Å². The summed E-state index contributed by atoms with van der Waals surface area (Å²) in [5.41, 5.74) is 0. The first-order valence-electron chi connectivity index (χ1n) is 7.36.